The Morgan fingerprint density at radius 2 is 1.02 bits per heavy atom. The number of rotatable bonds is 2. The number of halogens is 3. The predicted octanol–water partition coefficient (Wildman–Crippen LogP) is 14.1. The van der Waals surface area contributed by atoms with Crippen molar-refractivity contribution in [2.24, 2.45) is 0 Å². The van der Waals surface area contributed by atoms with Crippen LogP contribution in [-0.4, -0.2) is 0 Å². The van der Waals surface area contributed by atoms with E-state index in [2.05, 4.69) is 70.7 Å². The number of benzene rings is 6. The fourth-order valence-electron chi connectivity index (χ4n) is 5.54. The number of thiol groups is 1. The van der Waals surface area contributed by atoms with Gasteiger partial charge in [0.15, 0.2) is 10.9 Å². The van der Waals surface area contributed by atoms with Crippen molar-refractivity contribution in [1.29, 1.82) is 0 Å². The summed E-state index contributed by atoms with van der Waals surface area (Å²) >= 11 is 27.8. The van der Waals surface area contributed by atoms with Crippen LogP contribution in [0.15, 0.2) is 133 Å². The zero-order chi connectivity index (χ0) is 36.4. The highest BCUT2D eigenvalue weighted by Gasteiger charge is 2.14. The first-order valence-electron chi connectivity index (χ1n) is 15.9. The summed E-state index contributed by atoms with van der Waals surface area (Å²) in [5.41, 5.74) is 5.08. The minimum Gasteiger partial charge on any atom is -0.289 e. The van der Waals surface area contributed by atoms with Crippen LogP contribution in [0.3, 0.4) is 0 Å². The summed E-state index contributed by atoms with van der Waals surface area (Å²) in [5, 5.41) is 4.40. The number of hydrogen-bond acceptors (Lipinski definition) is 6. The second-order valence-corrected chi connectivity index (χ2v) is 16.8. The lowest BCUT2D eigenvalue weighted by molar-refractivity contribution is 1.26. The van der Waals surface area contributed by atoms with Crippen LogP contribution in [0.25, 0.3) is 40.3 Å². The Hall–Kier alpha value is -3.33. The summed E-state index contributed by atoms with van der Waals surface area (Å²) in [5.74, 6) is 0. The molecule has 256 valence electrons. The third-order valence-electron chi connectivity index (χ3n) is 8.19. The average molecular weight is 802 g/mol. The van der Waals surface area contributed by atoms with Crippen molar-refractivity contribution in [3.63, 3.8) is 0 Å². The molecule has 0 aliphatic rings. The maximum absolute atomic E-state index is 12.7. The molecule has 0 unspecified atom stereocenters. The highest BCUT2D eigenvalue weighted by Crippen LogP contribution is 2.41. The van der Waals surface area contributed by atoms with Gasteiger partial charge in [0.2, 0.25) is 0 Å². The molecule has 0 atom stereocenters. The molecule has 2 heterocycles. The molecular formula is C42H31Cl3O2S4. The van der Waals surface area contributed by atoms with Gasteiger partial charge < -0.3 is 0 Å². The molecule has 6 aromatic carbocycles. The summed E-state index contributed by atoms with van der Waals surface area (Å²) in [6.07, 6.45) is 0. The van der Waals surface area contributed by atoms with Gasteiger partial charge in [0, 0.05) is 45.6 Å². The van der Waals surface area contributed by atoms with Crippen LogP contribution in [0.4, 0.5) is 0 Å². The minimum atomic E-state index is 0.00733. The van der Waals surface area contributed by atoms with Crippen LogP contribution in [0.5, 0.6) is 0 Å². The van der Waals surface area contributed by atoms with Crippen LogP contribution in [-0.2, 0) is 0 Å². The second-order valence-electron chi connectivity index (χ2n) is 12.0. The Morgan fingerprint density at radius 1 is 0.529 bits per heavy atom. The van der Waals surface area contributed by atoms with Gasteiger partial charge in [0.05, 0.1) is 24.5 Å². The van der Waals surface area contributed by atoms with Gasteiger partial charge in [-0.1, -0.05) is 106 Å². The third-order valence-corrected chi connectivity index (χ3v) is 13.9. The summed E-state index contributed by atoms with van der Waals surface area (Å²) in [7, 11) is 0. The molecule has 0 amide bonds. The molecule has 0 radical (unpaired) electrons. The van der Waals surface area contributed by atoms with Crippen LogP contribution >= 0.6 is 81.9 Å². The predicted molar refractivity (Wildman–Crippen MR) is 229 cm³/mol. The van der Waals surface area contributed by atoms with Crippen molar-refractivity contribution in [2.45, 2.75) is 42.4 Å². The van der Waals surface area contributed by atoms with Gasteiger partial charge in [0.25, 0.3) is 0 Å². The zero-order valence-corrected chi connectivity index (χ0v) is 33.6. The van der Waals surface area contributed by atoms with E-state index in [-0.39, 0.29) is 10.9 Å². The number of hydrogen-bond donors (Lipinski definition) is 1. The molecule has 8 rings (SSSR count). The molecule has 0 N–H and O–H groups in total. The van der Waals surface area contributed by atoms with Gasteiger partial charge in [-0.15, -0.1) is 35.3 Å². The largest absolute Gasteiger partial charge is 0.289 e. The molecular weight excluding hydrogens is 771 g/mol. The fourth-order valence-corrected chi connectivity index (χ4v) is 9.77. The van der Waals surface area contributed by atoms with Gasteiger partial charge in [-0.25, -0.2) is 0 Å². The lowest BCUT2D eigenvalue weighted by Gasteiger charge is -2.10. The number of aryl methyl sites for hydroxylation is 4. The molecule has 2 nitrogen and oxygen atoms in total. The van der Waals surface area contributed by atoms with Crippen LogP contribution < -0.4 is 10.9 Å². The lowest BCUT2D eigenvalue weighted by Crippen LogP contribution is -2.01. The highest BCUT2D eigenvalue weighted by molar-refractivity contribution is 7.99. The minimum absolute atomic E-state index is 0.00733. The van der Waals surface area contributed by atoms with Gasteiger partial charge in [0.1, 0.15) is 0 Å². The molecule has 8 aromatic rings. The van der Waals surface area contributed by atoms with E-state index in [9.17, 15) is 9.59 Å². The SMILES string of the molecule is Cc1ccc(S)c(C)c1.Cc1ccc(Sc2ccc3c(=O)c4ccccc4sc3c2Cl)c(C)c1.O=c1c2ccccc2sc2c(Cl)c(Cl)ccc12. The van der Waals surface area contributed by atoms with E-state index in [0.717, 1.165) is 39.4 Å². The van der Waals surface area contributed by atoms with Crippen molar-refractivity contribution in [1.82, 2.24) is 0 Å². The second kappa shape index (κ2) is 16.1. The van der Waals surface area contributed by atoms with Gasteiger partial charge in [-0.05, 0) is 99.5 Å². The van der Waals surface area contributed by atoms with E-state index >= 15 is 0 Å². The molecule has 0 aliphatic heterocycles. The van der Waals surface area contributed by atoms with E-state index in [1.165, 1.54) is 38.5 Å². The van der Waals surface area contributed by atoms with Gasteiger partial charge in [-0.2, -0.15) is 0 Å². The smallest absolute Gasteiger partial charge is 0.195 e. The Labute approximate surface area is 329 Å². The maximum atomic E-state index is 12.7. The molecule has 2 aromatic heterocycles. The van der Waals surface area contributed by atoms with Crippen molar-refractivity contribution in [2.75, 3.05) is 0 Å². The summed E-state index contributed by atoms with van der Waals surface area (Å²) < 4.78 is 3.51. The molecule has 0 fully saturated rings. The van der Waals surface area contributed by atoms with Crippen molar-refractivity contribution < 1.29 is 0 Å². The molecule has 9 heteroatoms. The first kappa shape index (κ1) is 37.4. The Balaban J connectivity index is 0.000000148. The Bertz CT molecular complexity index is 2720. The summed E-state index contributed by atoms with van der Waals surface area (Å²) in [6.45, 7) is 8.35. The molecule has 0 bridgehead atoms. The molecule has 0 saturated heterocycles. The maximum Gasteiger partial charge on any atom is 0.195 e. The van der Waals surface area contributed by atoms with E-state index in [0.29, 0.717) is 25.8 Å². The Kier molecular flexibility index (Phi) is 11.8. The highest BCUT2D eigenvalue weighted by atomic mass is 35.5. The third kappa shape index (κ3) is 8.18. The topological polar surface area (TPSA) is 34.1 Å². The van der Waals surface area contributed by atoms with E-state index in [1.807, 2.05) is 66.7 Å². The standard InChI is InChI=1S/C21H15ClOS2.C13H6Cl2OS.C8H10S/c1-12-7-9-16(13(2)11-12)24-18-10-8-15-20(23)14-5-3-4-6-17(14)25-21(15)19(18)22;14-9-6-5-8-12(16)7-3-1-2-4-10(7)17-13(8)11(9)15;1-6-3-4-8(9)7(2)5-6/h3-11H,1-2H3;1-6H;3-5,9H,1-2H3. The van der Waals surface area contributed by atoms with E-state index < -0.39 is 0 Å². The zero-order valence-electron chi connectivity index (χ0n) is 28.0. The number of fused-ring (bicyclic) bond motifs is 4. The first-order valence-corrected chi connectivity index (χ1v) is 19.9. The summed E-state index contributed by atoms with van der Waals surface area (Å²) in [4.78, 5) is 28.2. The van der Waals surface area contributed by atoms with Gasteiger partial charge in [-0.3, -0.25) is 9.59 Å². The Morgan fingerprint density at radius 3 is 1.57 bits per heavy atom. The van der Waals surface area contributed by atoms with Crippen molar-refractivity contribution in [3.05, 3.63) is 167 Å². The molecule has 51 heavy (non-hydrogen) atoms. The molecule has 0 saturated carbocycles. The van der Waals surface area contributed by atoms with Crippen molar-refractivity contribution >= 4 is 122 Å². The molecule has 0 spiro atoms. The molecule has 0 aliphatic carbocycles. The van der Waals surface area contributed by atoms with Crippen molar-refractivity contribution in [3.8, 4) is 0 Å². The first-order chi connectivity index (χ1) is 24.4. The van der Waals surface area contributed by atoms with E-state index in [1.54, 1.807) is 35.2 Å². The van der Waals surface area contributed by atoms with Crippen LogP contribution in [0.2, 0.25) is 15.1 Å². The monoisotopic (exact) mass is 800 g/mol. The summed E-state index contributed by atoms with van der Waals surface area (Å²) in [6, 6.07) is 35.1. The van der Waals surface area contributed by atoms with Crippen LogP contribution in [0.1, 0.15) is 22.3 Å². The average Bonchev–Trinajstić information content (AvgIpc) is 3.12. The lowest BCUT2D eigenvalue weighted by atomic mass is 10.2. The normalized spacial score (nSPS) is 11.0. The van der Waals surface area contributed by atoms with Gasteiger partial charge >= 0.3 is 0 Å². The van der Waals surface area contributed by atoms with Crippen LogP contribution in [0, 0.1) is 27.7 Å². The van der Waals surface area contributed by atoms with E-state index in [4.69, 9.17) is 34.8 Å². The quantitative estimate of drug-likeness (QED) is 0.140. The fraction of sp³-hybridized carbons (Fsp3) is 0.0952.